The molecule has 9 aliphatic heterocycles. The Kier molecular flexibility index (Phi) is 34.5. The maximum atomic E-state index is 16.8. The first kappa shape index (κ1) is 111. The van der Waals surface area contributed by atoms with Crippen molar-refractivity contribution < 1.29 is 232 Å². The predicted molar refractivity (Wildman–Crippen MR) is 460 cm³/mol. The summed E-state index contributed by atoms with van der Waals surface area (Å²) >= 11 is 0. The smallest absolute Gasteiger partial charge is 0.333 e. The monoisotopic (exact) mass is 2000 g/mol. The fraction of sp³-hybridized carbons (Fsp3) is 0.913. The van der Waals surface area contributed by atoms with Crippen molar-refractivity contribution in [1.82, 2.24) is 0 Å². The minimum absolute atomic E-state index is 0.0199. The Hall–Kier alpha value is -3.56. The number of hydrogen-bond acceptors (Lipinski definition) is 47. The van der Waals surface area contributed by atoms with Crippen LogP contribution >= 0.6 is 0 Å². The molecule has 54 atom stereocenters. The zero-order chi connectivity index (χ0) is 102. The summed E-state index contributed by atoms with van der Waals surface area (Å²) in [4.78, 5) is 31.8. The molecule has 47 nitrogen and oxygen atoms in total. The van der Waals surface area contributed by atoms with Crippen LogP contribution in [0.15, 0.2) is 36.0 Å². The Bertz CT molecular complexity index is 4170. The van der Waals surface area contributed by atoms with Crippen molar-refractivity contribution in [3.63, 3.8) is 0 Å². The maximum Gasteiger partial charge on any atom is 0.333 e. The van der Waals surface area contributed by atoms with Gasteiger partial charge in [0.2, 0.25) is 6.29 Å². The first-order chi connectivity index (χ1) is 65.2. The standard InChI is InChI=1S/C92H148O47/c1-14-88(10,139-81-68(117)58(107)50(99)34(3)123-81)21-15-16-33(2)75(119)131-49-26-92(85(120)138-84-74(62(111)55(104)42(29-95)129-84)137-80-69(118)71(134-78-66(115)59(108)53(102)40(27-93)126-78)70(36(5)125-80)133-77-65(114)56(105)43(30-96)128-77)38(24-86(49,6)7)37-17-18-46-89(11)22-20-48(87(8,9)45(89)19-23-90(46,12)91(37,13)25-47(92)98)132-83-73(136-79-67(116)60(109)54(103)41(28-94)127-79)63(112)57(106)44(130-83)32-122-82-72(61(110)51(100)35(4)124-82)135-76-64(113)52(101)39(97)31-121-76/h14,16-17,34-36,38-74,76-84,93-118H,1,15,18-32H2,2-13H3/b33-16+/t34-,35-,36+,38+,39+,40-,41-,42-,43+,44-,45+,46-,47-,48+,49+,50-,51+,52+,53-,54-,55-,56+,57-,58+,59+,60+,61+,62+,63+,64-,65-,66-,67-,68-,69-,70+,71+,72-,73-,74-,76+,77+,78+,79+,80+,81+,82-,83+,84+,88-,89+,90-,91-,92-/m1/s1. The molecule has 0 aromatic heterocycles. The van der Waals surface area contributed by atoms with Gasteiger partial charge < -0.3 is 223 Å². The third-order valence-electron chi connectivity index (χ3n) is 33.5. The molecule has 26 N–H and O–H groups in total. The van der Waals surface area contributed by atoms with Gasteiger partial charge in [0, 0.05) is 17.4 Å². The number of rotatable bonds is 29. The van der Waals surface area contributed by atoms with Gasteiger partial charge in [-0.15, -0.1) is 6.58 Å². The summed E-state index contributed by atoms with van der Waals surface area (Å²) in [6, 6.07) is 0. The van der Waals surface area contributed by atoms with Crippen molar-refractivity contribution in [3.8, 4) is 0 Å². The molecule has 47 heteroatoms. The Labute approximate surface area is 802 Å². The molecule has 0 bridgehead atoms. The van der Waals surface area contributed by atoms with Crippen LogP contribution in [0, 0.1) is 50.2 Å². The van der Waals surface area contributed by atoms with Gasteiger partial charge in [-0.1, -0.05) is 72.3 Å². The van der Waals surface area contributed by atoms with Crippen molar-refractivity contribution in [2.45, 2.75) is 435 Å². The summed E-state index contributed by atoms with van der Waals surface area (Å²) in [7, 11) is 0. The van der Waals surface area contributed by atoms with Gasteiger partial charge in [0.1, 0.15) is 195 Å². The predicted octanol–water partition coefficient (Wildman–Crippen LogP) is -8.40. The summed E-state index contributed by atoms with van der Waals surface area (Å²) in [6.45, 7) is 20.4. The molecule has 0 unspecified atom stereocenters. The van der Waals surface area contributed by atoms with E-state index in [1.54, 1.807) is 13.0 Å². The van der Waals surface area contributed by atoms with E-state index in [0.29, 0.717) is 25.7 Å². The number of aliphatic hydroxyl groups excluding tert-OH is 26. The number of carbonyl (C=O) groups excluding carboxylic acids is 2. The van der Waals surface area contributed by atoms with Gasteiger partial charge in [0.25, 0.3) is 0 Å². The molecule has 13 fully saturated rings. The molecule has 139 heavy (non-hydrogen) atoms. The van der Waals surface area contributed by atoms with E-state index in [2.05, 4.69) is 26.5 Å². The highest BCUT2D eigenvalue weighted by atomic mass is 16.8. The van der Waals surface area contributed by atoms with Crippen LogP contribution < -0.4 is 0 Å². The lowest BCUT2D eigenvalue weighted by Crippen LogP contribution is -2.70. The molecule has 14 rings (SSSR count). The molecular formula is C92H148O47. The molecule has 9 heterocycles. The number of fused-ring (bicyclic) bond motifs is 7. The third kappa shape index (κ3) is 20.6. The van der Waals surface area contributed by atoms with Gasteiger partial charge in [-0.25, -0.2) is 4.79 Å². The van der Waals surface area contributed by atoms with E-state index in [1.807, 2.05) is 34.6 Å². The van der Waals surface area contributed by atoms with Crippen molar-refractivity contribution in [1.29, 1.82) is 0 Å². The van der Waals surface area contributed by atoms with E-state index in [0.717, 1.165) is 5.57 Å². The van der Waals surface area contributed by atoms with Gasteiger partial charge in [0.15, 0.2) is 56.4 Å². The number of ether oxygens (including phenoxy) is 19. The molecule has 0 aromatic rings. The van der Waals surface area contributed by atoms with Crippen LogP contribution in [0.4, 0.5) is 0 Å². The Balaban J connectivity index is 0.767. The van der Waals surface area contributed by atoms with Crippen LogP contribution in [0.1, 0.15) is 147 Å². The van der Waals surface area contributed by atoms with Crippen LogP contribution in [0.25, 0.3) is 0 Å². The van der Waals surface area contributed by atoms with Crippen LogP contribution in [0.3, 0.4) is 0 Å². The number of aliphatic hydroxyl groups is 26. The average Bonchev–Trinajstić information content (AvgIpc) is 0.907. The second kappa shape index (κ2) is 43.2. The zero-order valence-corrected chi connectivity index (χ0v) is 79.7. The Morgan fingerprint density at radius 2 is 0.899 bits per heavy atom. The number of carbonyl (C=O) groups is 2. The van der Waals surface area contributed by atoms with E-state index in [4.69, 9.17) is 90.0 Å². The highest BCUT2D eigenvalue weighted by molar-refractivity contribution is 5.88. The van der Waals surface area contributed by atoms with E-state index < -0.39 is 384 Å². The summed E-state index contributed by atoms with van der Waals surface area (Å²) in [5.74, 6) is -3.64. The van der Waals surface area contributed by atoms with Crippen molar-refractivity contribution >= 4 is 11.9 Å². The van der Waals surface area contributed by atoms with Crippen LogP contribution in [-0.2, 0) is 99.6 Å². The van der Waals surface area contributed by atoms with Crippen molar-refractivity contribution in [2.24, 2.45) is 50.2 Å². The summed E-state index contributed by atoms with van der Waals surface area (Å²) in [5, 5.41) is 290. The second-order valence-corrected chi connectivity index (χ2v) is 42.8. The lowest BCUT2D eigenvalue weighted by molar-refractivity contribution is -0.390. The first-order valence-corrected chi connectivity index (χ1v) is 48.1. The zero-order valence-electron chi connectivity index (χ0n) is 79.7. The summed E-state index contributed by atoms with van der Waals surface area (Å²) < 4.78 is 117. The highest BCUT2D eigenvalue weighted by Crippen LogP contribution is 2.76. The summed E-state index contributed by atoms with van der Waals surface area (Å²) in [5.41, 5.74) is -7.14. The highest BCUT2D eigenvalue weighted by Gasteiger charge is 2.74. The average molecular weight is 2010 g/mol. The van der Waals surface area contributed by atoms with E-state index in [-0.39, 0.29) is 49.5 Å². The topological polar surface area (TPSA) is 735 Å². The Morgan fingerprint density at radius 1 is 0.446 bits per heavy atom. The number of esters is 2. The molecule has 0 radical (unpaired) electrons. The molecule has 14 aliphatic rings. The third-order valence-corrected chi connectivity index (χ3v) is 33.5. The maximum absolute atomic E-state index is 16.8. The van der Waals surface area contributed by atoms with E-state index in [1.165, 1.54) is 33.8 Å². The van der Waals surface area contributed by atoms with Crippen molar-refractivity contribution in [3.05, 3.63) is 36.0 Å². The lowest BCUT2D eigenvalue weighted by atomic mass is 9.33. The van der Waals surface area contributed by atoms with E-state index >= 15 is 4.79 Å². The minimum Gasteiger partial charge on any atom is -0.458 e. The molecule has 9 saturated heterocycles. The summed E-state index contributed by atoms with van der Waals surface area (Å²) in [6.07, 6.45) is -74.3. The fourth-order valence-corrected chi connectivity index (χ4v) is 24.5. The second-order valence-electron chi connectivity index (χ2n) is 42.8. The fourth-order valence-electron chi connectivity index (χ4n) is 24.5. The van der Waals surface area contributed by atoms with Crippen LogP contribution in [-0.4, -0.2) is 472 Å². The first-order valence-electron chi connectivity index (χ1n) is 48.1. The molecular weight excluding hydrogens is 1860 g/mol. The largest absolute Gasteiger partial charge is 0.458 e. The molecule has 5 aliphatic carbocycles. The normalized spacial score (nSPS) is 52.1. The van der Waals surface area contributed by atoms with Crippen LogP contribution in [0.5, 0.6) is 0 Å². The molecule has 0 amide bonds. The molecule has 4 saturated carbocycles. The quantitative estimate of drug-likeness (QED) is 0.0143. The minimum atomic E-state index is -2.28. The van der Waals surface area contributed by atoms with Gasteiger partial charge >= 0.3 is 11.9 Å². The van der Waals surface area contributed by atoms with Gasteiger partial charge in [-0.05, 0) is 132 Å². The number of allylic oxidation sites excluding steroid dienone is 3. The van der Waals surface area contributed by atoms with Crippen molar-refractivity contribution in [2.75, 3.05) is 39.6 Å². The number of hydrogen-bond donors (Lipinski definition) is 26. The molecule has 0 aromatic carbocycles. The lowest BCUT2D eigenvalue weighted by Gasteiger charge is -2.72. The van der Waals surface area contributed by atoms with Gasteiger partial charge in [0.05, 0.1) is 75.8 Å². The van der Waals surface area contributed by atoms with E-state index in [9.17, 15) is 138 Å². The van der Waals surface area contributed by atoms with Gasteiger partial charge in [-0.2, -0.15) is 0 Å². The molecule has 798 valence electrons. The van der Waals surface area contributed by atoms with Gasteiger partial charge in [-0.3, -0.25) is 4.79 Å². The Morgan fingerprint density at radius 3 is 1.47 bits per heavy atom. The van der Waals surface area contributed by atoms with Crippen LogP contribution in [0.2, 0.25) is 0 Å². The molecule has 0 spiro atoms. The SMILES string of the molecule is C=C[C@](C)(CC/C=C(\C)C(=O)O[C@H]1C[C@]2(C(=O)O[C@@H]3O[C@H](CO)[C@@H](O)[C@H](O)[C@H]3O[C@@H]3O[C@@H](C)[C@H](O[C@@H]4O[C@@H](CO)[C@H](O)[C@H]4O)[C@@H](O[C@@H]4O[C@H](CO)[C@@H](O)[C@H](O)[C@H]4O)[C@H]3O)[C@H](O)C[C@]3(C)C(=CC[C@@H]4[C@@]5(C)CC[C@H](O[C@@H]6O[C@H](CO[C@@H]7O[C@H](C)[C@H](O)[C@H](O)[C@H]7O[C@@H]7OC[C@H](O)[C@H](O)[C@H]7O)[C@@H](O)[C@H](O)[C@H]6O[C@@H]6O[C@H](CO)[C@@H](O)[C@H](O)[C@H]6O)C(C)(C)[C@@H]5CC[C@]43C)[C@@H]2CC1(C)C)O[C@@H]1O[C@H](C)[C@@H](O)[C@H](O)[C@H]1O.